The summed E-state index contributed by atoms with van der Waals surface area (Å²) < 4.78 is 34.1. The van der Waals surface area contributed by atoms with Gasteiger partial charge in [0.05, 0.1) is 12.9 Å². The van der Waals surface area contributed by atoms with Gasteiger partial charge in [-0.1, -0.05) is 18.2 Å². The van der Waals surface area contributed by atoms with Gasteiger partial charge < -0.3 is 14.8 Å². The average Bonchev–Trinajstić information content (AvgIpc) is 2.59. The third-order valence-corrected chi connectivity index (χ3v) is 4.83. The number of hydrogen-bond donors (Lipinski definition) is 1. The highest BCUT2D eigenvalue weighted by Crippen LogP contribution is 2.30. The normalized spacial score (nSPS) is 10.7. The molecule has 0 spiro atoms. The third-order valence-electron chi connectivity index (χ3n) is 3.82. The molecule has 2 aromatic rings. The Morgan fingerprint density at radius 2 is 1.96 bits per heavy atom. The fraction of sp³-hybridized carbons (Fsp3) is 0.316. The van der Waals surface area contributed by atoms with Crippen LogP contribution in [0.4, 0.5) is 14.5 Å². The van der Waals surface area contributed by atoms with Crippen LogP contribution in [-0.4, -0.2) is 25.4 Å². The fourth-order valence-electron chi connectivity index (χ4n) is 2.33. The molecule has 140 valence electrons. The van der Waals surface area contributed by atoms with E-state index >= 15 is 0 Å². The number of carbonyl (C=O) groups excluding carboxylic acids is 1. The van der Waals surface area contributed by atoms with Gasteiger partial charge in [-0.3, -0.25) is 4.79 Å². The number of nitrogens with one attached hydrogen (secondary N) is 1. The highest BCUT2D eigenvalue weighted by molar-refractivity contribution is 7.99. The Labute approximate surface area is 155 Å². The number of carbonyl (C=O) groups is 1. The van der Waals surface area contributed by atoms with Crippen molar-refractivity contribution < 1.29 is 23.0 Å². The van der Waals surface area contributed by atoms with Gasteiger partial charge >= 0.3 is 6.61 Å². The van der Waals surface area contributed by atoms with Crippen molar-refractivity contribution in [3.05, 3.63) is 53.1 Å². The zero-order valence-corrected chi connectivity index (χ0v) is 15.7. The van der Waals surface area contributed by atoms with Crippen molar-refractivity contribution in [2.24, 2.45) is 0 Å². The van der Waals surface area contributed by atoms with E-state index in [-0.39, 0.29) is 23.2 Å². The van der Waals surface area contributed by atoms with E-state index < -0.39 is 6.61 Å². The first kappa shape index (κ1) is 20.0. The van der Waals surface area contributed by atoms with E-state index in [1.54, 1.807) is 12.1 Å². The molecule has 0 aliphatic heterocycles. The van der Waals surface area contributed by atoms with Crippen molar-refractivity contribution in [2.45, 2.75) is 26.2 Å². The second-order valence-electron chi connectivity index (χ2n) is 5.65. The second-order valence-corrected chi connectivity index (χ2v) is 6.64. The molecule has 0 fully saturated rings. The molecule has 0 aliphatic carbocycles. The smallest absolute Gasteiger partial charge is 0.387 e. The van der Waals surface area contributed by atoms with Gasteiger partial charge in [-0.25, -0.2) is 0 Å². The standard InChI is InChI=1S/C19H21F2NO3S/c1-12-5-4-6-15(13(12)2)22-18(23)11-26-10-14-7-8-16(25-19(20)21)17(9-14)24-3/h4-9,19H,10-11H2,1-3H3,(H,22,23). The molecule has 2 rings (SSSR count). The lowest BCUT2D eigenvalue weighted by Gasteiger charge is -2.12. The van der Waals surface area contributed by atoms with Crippen molar-refractivity contribution in [2.75, 3.05) is 18.2 Å². The summed E-state index contributed by atoms with van der Waals surface area (Å²) in [6, 6.07) is 10.5. The summed E-state index contributed by atoms with van der Waals surface area (Å²) in [5.74, 6) is 0.969. The number of anilines is 1. The zero-order valence-electron chi connectivity index (χ0n) is 14.8. The number of aryl methyl sites for hydroxylation is 1. The van der Waals surface area contributed by atoms with Crippen LogP contribution in [0.1, 0.15) is 16.7 Å². The predicted molar refractivity (Wildman–Crippen MR) is 100 cm³/mol. The molecule has 1 amide bonds. The fourth-order valence-corrected chi connectivity index (χ4v) is 3.10. The van der Waals surface area contributed by atoms with Gasteiger partial charge in [-0.2, -0.15) is 8.78 Å². The van der Waals surface area contributed by atoms with Crippen molar-refractivity contribution in [3.8, 4) is 11.5 Å². The van der Waals surface area contributed by atoms with E-state index in [0.29, 0.717) is 5.75 Å². The van der Waals surface area contributed by atoms with Gasteiger partial charge in [0.2, 0.25) is 5.91 Å². The SMILES string of the molecule is COc1cc(CSCC(=O)Nc2cccc(C)c2C)ccc1OC(F)F. The van der Waals surface area contributed by atoms with Crippen molar-refractivity contribution >= 4 is 23.4 Å². The summed E-state index contributed by atoms with van der Waals surface area (Å²) in [5, 5.41) is 2.90. The maximum absolute atomic E-state index is 12.3. The predicted octanol–water partition coefficient (Wildman–Crippen LogP) is 4.79. The molecule has 0 radical (unpaired) electrons. The molecule has 0 atom stereocenters. The minimum Gasteiger partial charge on any atom is -0.493 e. The van der Waals surface area contributed by atoms with Crippen LogP contribution >= 0.6 is 11.8 Å². The second kappa shape index (κ2) is 9.43. The molecule has 0 aliphatic rings. The summed E-state index contributed by atoms with van der Waals surface area (Å²) >= 11 is 1.43. The van der Waals surface area contributed by atoms with Crippen LogP contribution in [0, 0.1) is 13.8 Å². The first-order chi connectivity index (χ1) is 12.4. The van der Waals surface area contributed by atoms with E-state index in [9.17, 15) is 13.6 Å². The average molecular weight is 381 g/mol. The quantitative estimate of drug-likeness (QED) is 0.715. The van der Waals surface area contributed by atoms with Crippen LogP contribution in [0.25, 0.3) is 0 Å². The molecule has 0 unspecified atom stereocenters. The van der Waals surface area contributed by atoms with Crippen molar-refractivity contribution in [3.63, 3.8) is 0 Å². The number of hydrogen-bond acceptors (Lipinski definition) is 4. The Morgan fingerprint density at radius 3 is 2.65 bits per heavy atom. The molecule has 4 nitrogen and oxygen atoms in total. The molecule has 7 heteroatoms. The number of methoxy groups -OCH3 is 1. The molecule has 0 bridgehead atoms. The molecule has 1 N–H and O–H groups in total. The third kappa shape index (κ3) is 5.62. The van der Waals surface area contributed by atoms with Gasteiger partial charge in [0.1, 0.15) is 0 Å². The van der Waals surface area contributed by atoms with Crippen molar-refractivity contribution in [1.82, 2.24) is 0 Å². The van der Waals surface area contributed by atoms with Gasteiger partial charge in [0, 0.05) is 11.4 Å². The molecular formula is C19H21F2NO3S. The Kier molecular flexibility index (Phi) is 7.26. The van der Waals surface area contributed by atoms with E-state index in [2.05, 4.69) is 10.1 Å². The largest absolute Gasteiger partial charge is 0.493 e. The summed E-state index contributed by atoms with van der Waals surface area (Å²) in [6.45, 7) is 1.06. The molecule has 0 saturated heterocycles. The summed E-state index contributed by atoms with van der Waals surface area (Å²) in [6.07, 6.45) is 0. The molecule has 0 heterocycles. The molecule has 26 heavy (non-hydrogen) atoms. The number of amides is 1. The number of thioether (sulfide) groups is 1. The van der Waals surface area contributed by atoms with E-state index in [0.717, 1.165) is 22.4 Å². The number of alkyl halides is 2. The summed E-state index contributed by atoms with van der Waals surface area (Å²) in [5.41, 5.74) is 3.83. The van der Waals surface area contributed by atoms with E-state index in [4.69, 9.17) is 4.74 Å². The Hall–Kier alpha value is -2.28. The summed E-state index contributed by atoms with van der Waals surface area (Å²) in [7, 11) is 1.39. The lowest BCUT2D eigenvalue weighted by atomic mass is 10.1. The maximum Gasteiger partial charge on any atom is 0.387 e. The summed E-state index contributed by atoms with van der Waals surface area (Å²) in [4.78, 5) is 12.1. The minimum absolute atomic E-state index is 0.0103. The molecule has 0 saturated carbocycles. The molecule has 2 aromatic carbocycles. The lowest BCUT2D eigenvalue weighted by Crippen LogP contribution is -2.15. The number of rotatable bonds is 8. The Balaban J connectivity index is 1.89. The molecular weight excluding hydrogens is 360 g/mol. The van der Waals surface area contributed by atoms with Gasteiger partial charge in [0.25, 0.3) is 0 Å². The van der Waals surface area contributed by atoms with Crippen LogP contribution in [-0.2, 0) is 10.5 Å². The van der Waals surface area contributed by atoms with Crippen LogP contribution in [0.2, 0.25) is 0 Å². The highest BCUT2D eigenvalue weighted by Gasteiger charge is 2.12. The van der Waals surface area contributed by atoms with Gasteiger partial charge in [-0.05, 0) is 48.7 Å². The maximum atomic E-state index is 12.3. The zero-order chi connectivity index (χ0) is 19.1. The number of halogens is 2. The van der Waals surface area contributed by atoms with Crippen LogP contribution in [0.15, 0.2) is 36.4 Å². The Bertz CT molecular complexity index is 768. The first-order valence-corrected chi connectivity index (χ1v) is 9.11. The number of ether oxygens (including phenoxy) is 2. The molecule has 0 aromatic heterocycles. The highest BCUT2D eigenvalue weighted by atomic mass is 32.2. The van der Waals surface area contributed by atoms with Crippen molar-refractivity contribution in [1.29, 1.82) is 0 Å². The first-order valence-electron chi connectivity index (χ1n) is 7.96. The monoisotopic (exact) mass is 381 g/mol. The van der Waals surface area contributed by atoms with Crippen LogP contribution < -0.4 is 14.8 Å². The van der Waals surface area contributed by atoms with Gasteiger partial charge in [0.15, 0.2) is 11.5 Å². The number of benzene rings is 2. The van der Waals surface area contributed by atoms with Crippen LogP contribution in [0.5, 0.6) is 11.5 Å². The van der Waals surface area contributed by atoms with E-state index in [1.807, 2.05) is 32.0 Å². The lowest BCUT2D eigenvalue weighted by molar-refractivity contribution is -0.113. The van der Waals surface area contributed by atoms with E-state index in [1.165, 1.54) is 24.9 Å². The van der Waals surface area contributed by atoms with Crippen LogP contribution in [0.3, 0.4) is 0 Å². The van der Waals surface area contributed by atoms with Gasteiger partial charge in [-0.15, -0.1) is 11.8 Å². The minimum atomic E-state index is -2.90. The topological polar surface area (TPSA) is 47.6 Å². The Morgan fingerprint density at radius 1 is 1.19 bits per heavy atom.